The van der Waals surface area contributed by atoms with Gasteiger partial charge in [-0.15, -0.1) is 0 Å². The van der Waals surface area contributed by atoms with E-state index < -0.39 is 10.0 Å². The van der Waals surface area contributed by atoms with Crippen LogP contribution in [0.15, 0.2) is 48.5 Å². The number of nitrogens with one attached hydrogen (secondary N) is 1. The largest absolute Gasteiger partial charge is 0.379 e. The van der Waals surface area contributed by atoms with Crippen molar-refractivity contribution in [2.45, 2.75) is 32.9 Å². The smallest absolute Gasteiger partial charge is 0.232 e. The zero-order valence-corrected chi connectivity index (χ0v) is 19.7. The lowest BCUT2D eigenvalue weighted by atomic mass is 10.1. The van der Waals surface area contributed by atoms with Crippen molar-refractivity contribution in [1.82, 2.24) is 10.2 Å². The molecular weight excluding hydrogens is 426 g/mol. The molecule has 2 aromatic carbocycles. The van der Waals surface area contributed by atoms with Crippen LogP contribution in [-0.4, -0.2) is 58.3 Å². The third-order valence-electron chi connectivity index (χ3n) is 5.54. The van der Waals surface area contributed by atoms with Crippen molar-refractivity contribution in [2.75, 3.05) is 43.4 Å². The first-order valence-corrected chi connectivity index (χ1v) is 12.9. The summed E-state index contributed by atoms with van der Waals surface area (Å²) in [6.45, 7) is 6.92. The van der Waals surface area contributed by atoms with Crippen molar-refractivity contribution < 1.29 is 17.9 Å². The first kappa shape index (κ1) is 24.2. The number of morpholine rings is 1. The fourth-order valence-electron chi connectivity index (χ4n) is 3.84. The second-order valence-electron chi connectivity index (χ2n) is 8.21. The summed E-state index contributed by atoms with van der Waals surface area (Å²) in [5.41, 5.74) is 3.83. The van der Waals surface area contributed by atoms with Gasteiger partial charge in [0.25, 0.3) is 0 Å². The lowest BCUT2D eigenvalue weighted by Crippen LogP contribution is -2.35. The monoisotopic (exact) mass is 459 g/mol. The van der Waals surface area contributed by atoms with Crippen molar-refractivity contribution in [1.29, 1.82) is 0 Å². The molecule has 0 saturated carbocycles. The summed E-state index contributed by atoms with van der Waals surface area (Å²) in [4.78, 5) is 14.7. The van der Waals surface area contributed by atoms with E-state index in [2.05, 4.69) is 22.3 Å². The van der Waals surface area contributed by atoms with E-state index in [1.54, 1.807) is 6.07 Å². The van der Waals surface area contributed by atoms with Gasteiger partial charge in [0.1, 0.15) is 0 Å². The Bertz CT molecular complexity index is 1000. The van der Waals surface area contributed by atoms with Gasteiger partial charge in [-0.05, 0) is 36.1 Å². The van der Waals surface area contributed by atoms with Gasteiger partial charge < -0.3 is 10.1 Å². The van der Waals surface area contributed by atoms with Gasteiger partial charge >= 0.3 is 0 Å². The van der Waals surface area contributed by atoms with Crippen LogP contribution in [0.1, 0.15) is 29.5 Å². The summed E-state index contributed by atoms with van der Waals surface area (Å²) in [6, 6.07) is 15.6. The van der Waals surface area contributed by atoms with Crippen LogP contribution < -0.4 is 9.62 Å². The molecule has 1 aliphatic rings. The average Bonchev–Trinajstić information content (AvgIpc) is 2.76. The van der Waals surface area contributed by atoms with Crippen LogP contribution in [0.2, 0.25) is 0 Å². The fourth-order valence-corrected chi connectivity index (χ4v) is 4.86. The van der Waals surface area contributed by atoms with E-state index in [0.29, 0.717) is 18.7 Å². The van der Waals surface area contributed by atoms with Gasteiger partial charge in [-0.2, -0.15) is 0 Å². The van der Waals surface area contributed by atoms with Crippen LogP contribution in [-0.2, 0) is 32.6 Å². The predicted molar refractivity (Wildman–Crippen MR) is 127 cm³/mol. The topological polar surface area (TPSA) is 79.0 Å². The molecule has 1 aliphatic heterocycles. The second-order valence-corrected chi connectivity index (χ2v) is 10.1. The molecule has 174 valence electrons. The number of amides is 1. The molecule has 0 aliphatic carbocycles. The van der Waals surface area contributed by atoms with Crippen LogP contribution in [0.4, 0.5) is 5.69 Å². The summed E-state index contributed by atoms with van der Waals surface area (Å²) in [7, 11) is -3.42. The van der Waals surface area contributed by atoms with Gasteiger partial charge in [-0.1, -0.05) is 42.5 Å². The molecule has 0 unspecified atom stereocenters. The van der Waals surface area contributed by atoms with Crippen LogP contribution in [0, 0.1) is 6.92 Å². The van der Waals surface area contributed by atoms with Crippen molar-refractivity contribution in [3.63, 3.8) is 0 Å². The van der Waals surface area contributed by atoms with Crippen molar-refractivity contribution >= 4 is 21.6 Å². The Balaban J connectivity index is 1.47. The van der Waals surface area contributed by atoms with Crippen LogP contribution in [0.3, 0.4) is 0 Å². The normalized spacial score (nSPS) is 14.8. The average molecular weight is 460 g/mol. The standard InChI is InChI=1S/C24H33N3O4S/c1-20-7-3-4-10-23(20)27(32(2,29)30)12-6-11-24(28)25-18-21-8-5-9-22(17-21)19-26-13-15-31-16-14-26/h3-5,7-10,17H,6,11-16,18-19H2,1-2H3,(H,25,28). The Kier molecular flexibility index (Phi) is 8.67. The molecule has 0 aromatic heterocycles. The molecule has 32 heavy (non-hydrogen) atoms. The van der Waals surface area contributed by atoms with E-state index >= 15 is 0 Å². The number of sulfonamides is 1. The molecule has 0 atom stereocenters. The highest BCUT2D eigenvalue weighted by atomic mass is 32.2. The zero-order chi connectivity index (χ0) is 23.0. The number of rotatable bonds is 10. The number of para-hydroxylation sites is 1. The lowest BCUT2D eigenvalue weighted by molar-refractivity contribution is -0.121. The molecule has 0 radical (unpaired) electrons. The van der Waals surface area contributed by atoms with E-state index in [-0.39, 0.29) is 18.9 Å². The SMILES string of the molecule is Cc1ccccc1N(CCCC(=O)NCc1cccc(CN2CCOCC2)c1)S(C)(=O)=O. The van der Waals surface area contributed by atoms with E-state index in [1.807, 2.05) is 37.3 Å². The Morgan fingerprint density at radius 1 is 1.09 bits per heavy atom. The molecule has 3 rings (SSSR count). The van der Waals surface area contributed by atoms with E-state index in [4.69, 9.17) is 4.74 Å². The number of aryl methyl sites for hydroxylation is 1. The molecular formula is C24H33N3O4S. The van der Waals surface area contributed by atoms with Crippen LogP contribution in [0.5, 0.6) is 0 Å². The van der Waals surface area contributed by atoms with Gasteiger partial charge in [0, 0.05) is 39.1 Å². The highest BCUT2D eigenvalue weighted by Gasteiger charge is 2.19. The van der Waals surface area contributed by atoms with Gasteiger partial charge in [0.2, 0.25) is 15.9 Å². The van der Waals surface area contributed by atoms with Crippen molar-refractivity contribution in [2.24, 2.45) is 0 Å². The minimum Gasteiger partial charge on any atom is -0.379 e. The number of nitrogens with zero attached hydrogens (tertiary/aromatic N) is 2. The highest BCUT2D eigenvalue weighted by Crippen LogP contribution is 2.22. The first-order valence-electron chi connectivity index (χ1n) is 11.0. The second kappa shape index (κ2) is 11.4. The van der Waals surface area contributed by atoms with E-state index in [1.165, 1.54) is 16.1 Å². The molecule has 1 saturated heterocycles. The maximum Gasteiger partial charge on any atom is 0.232 e. The maximum absolute atomic E-state index is 12.4. The molecule has 1 fully saturated rings. The Hall–Kier alpha value is -2.42. The maximum atomic E-state index is 12.4. The Labute approximate surface area is 191 Å². The number of anilines is 1. The number of carbonyl (C=O) groups is 1. The molecule has 0 bridgehead atoms. The zero-order valence-electron chi connectivity index (χ0n) is 18.9. The Morgan fingerprint density at radius 2 is 1.81 bits per heavy atom. The minimum atomic E-state index is -3.42. The van der Waals surface area contributed by atoms with Crippen molar-refractivity contribution in [3.05, 3.63) is 65.2 Å². The molecule has 1 heterocycles. The number of ether oxygens (including phenoxy) is 1. The lowest BCUT2D eigenvalue weighted by Gasteiger charge is -2.26. The number of hydrogen-bond donors (Lipinski definition) is 1. The molecule has 0 spiro atoms. The minimum absolute atomic E-state index is 0.0817. The van der Waals surface area contributed by atoms with E-state index in [9.17, 15) is 13.2 Å². The van der Waals surface area contributed by atoms with Crippen molar-refractivity contribution in [3.8, 4) is 0 Å². The number of hydrogen-bond acceptors (Lipinski definition) is 5. The molecule has 1 amide bonds. The molecule has 8 heteroatoms. The molecule has 1 N–H and O–H groups in total. The van der Waals surface area contributed by atoms with E-state index in [0.717, 1.165) is 44.0 Å². The third-order valence-corrected chi connectivity index (χ3v) is 6.72. The fraction of sp³-hybridized carbons (Fsp3) is 0.458. The summed E-state index contributed by atoms with van der Waals surface area (Å²) in [6.07, 6.45) is 1.92. The summed E-state index contributed by atoms with van der Waals surface area (Å²) >= 11 is 0. The van der Waals surface area contributed by atoms with Crippen LogP contribution >= 0.6 is 0 Å². The summed E-state index contributed by atoms with van der Waals surface area (Å²) in [5, 5.41) is 2.95. The Morgan fingerprint density at radius 3 is 2.53 bits per heavy atom. The van der Waals surface area contributed by atoms with Gasteiger partial charge in [0.15, 0.2) is 0 Å². The van der Waals surface area contributed by atoms with Crippen LogP contribution in [0.25, 0.3) is 0 Å². The number of benzene rings is 2. The molecule has 7 nitrogen and oxygen atoms in total. The first-order chi connectivity index (χ1) is 15.3. The number of carbonyl (C=O) groups excluding carboxylic acids is 1. The quantitative estimate of drug-likeness (QED) is 0.591. The summed E-state index contributed by atoms with van der Waals surface area (Å²) < 4.78 is 31.3. The predicted octanol–water partition coefficient (Wildman–Crippen LogP) is 2.69. The highest BCUT2D eigenvalue weighted by molar-refractivity contribution is 7.92. The molecule has 2 aromatic rings. The summed E-state index contributed by atoms with van der Waals surface area (Å²) in [5.74, 6) is -0.0817. The van der Waals surface area contributed by atoms with Gasteiger partial charge in [-0.3, -0.25) is 14.0 Å². The van der Waals surface area contributed by atoms with Gasteiger partial charge in [0.05, 0.1) is 25.2 Å². The van der Waals surface area contributed by atoms with Gasteiger partial charge in [-0.25, -0.2) is 8.42 Å². The third kappa shape index (κ3) is 7.32.